The number of methoxy groups -OCH3 is 1. The lowest BCUT2D eigenvalue weighted by molar-refractivity contribution is -0.248. The highest BCUT2D eigenvalue weighted by molar-refractivity contribution is 6.30. The number of carbonyl (C=O) groups is 3. The molecule has 13 heteroatoms. The highest BCUT2D eigenvalue weighted by Gasteiger charge is 2.48. The van der Waals surface area contributed by atoms with E-state index in [1.807, 2.05) is 0 Å². The minimum absolute atomic E-state index is 0.0138. The van der Waals surface area contributed by atoms with Gasteiger partial charge in [0.05, 0.1) is 36.5 Å². The summed E-state index contributed by atoms with van der Waals surface area (Å²) in [7, 11) is 1.51. The van der Waals surface area contributed by atoms with Crippen molar-refractivity contribution in [1.82, 2.24) is 0 Å². The molecule has 1 amide bonds. The van der Waals surface area contributed by atoms with Gasteiger partial charge in [-0.15, -0.1) is 0 Å². The number of carbonyl (C=O) groups excluding carboxylic acids is 3. The minimum atomic E-state index is -1.87. The Hall–Kier alpha value is -4.53. The summed E-state index contributed by atoms with van der Waals surface area (Å²) in [6, 6.07) is 11.8. The summed E-state index contributed by atoms with van der Waals surface area (Å²) in [6.07, 6.45) is -5.36. The average Bonchev–Trinajstić information content (AvgIpc) is 3.03. The van der Waals surface area contributed by atoms with E-state index in [1.165, 1.54) is 19.2 Å². The zero-order chi connectivity index (χ0) is 32.9. The topological polar surface area (TPSA) is 207 Å². The number of anilines is 1. The van der Waals surface area contributed by atoms with Crippen LogP contribution in [-0.2, 0) is 20.6 Å². The second-order valence-corrected chi connectivity index (χ2v) is 11.9. The number of hydrogen-bond acceptors (Lipinski definition) is 12. The molecule has 3 aliphatic rings. The maximum absolute atomic E-state index is 13.6. The highest BCUT2D eigenvalue weighted by Crippen LogP contribution is 2.52. The second-order valence-electron chi connectivity index (χ2n) is 11.9. The quantitative estimate of drug-likeness (QED) is 0.169. The van der Waals surface area contributed by atoms with Crippen molar-refractivity contribution in [2.45, 2.75) is 62.4 Å². The third-order valence-electron chi connectivity index (χ3n) is 8.73. The maximum Gasteiger partial charge on any atom is 0.411 e. The molecule has 46 heavy (non-hydrogen) atoms. The summed E-state index contributed by atoms with van der Waals surface area (Å²) in [5.74, 6) is -1.93. The van der Waals surface area contributed by atoms with E-state index in [0.717, 1.165) is 0 Å². The highest BCUT2D eigenvalue weighted by atomic mass is 16.7. The Balaban J connectivity index is 1.35. The molecule has 6 atom stereocenters. The van der Waals surface area contributed by atoms with Crippen molar-refractivity contribution < 1.29 is 53.8 Å². The van der Waals surface area contributed by atoms with E-state index in [-0.39, 0.29) is 47.1 Å². The number of phenolic OH excluding ortho intramolecular Hbond substituents is 2. The SMILES string of the molecule is COc1ccc(NC(=O)OC[C@]2(O)Cc3c(O)c4c(c(O)c3[C@@H](O[C@H]3C[C@H](N)[C@H](O)[C@H](C)O3)C2)C(=O)c2ccccc2C4=O)cc1. The number of benzene rings is 3. The van der Waals surface area contributed by atoms with Crippen molar-refractivity contribution >= 4 is 23.3 Å². The van der Waals surface area contributed by atoms with Crippen LogP contribution >= 0.6 is 0 Å². The number of nitrogens with two attached hydrogens (primary N) is 1. The van der Waals surface area contributed by atoms with Crippen LogP contribution in [0.2, 0.25) is 0 Å². The molecule has 6 rings (SSSR count). The molecule has 1 fully saturated rings. The van der Waals surface area contributed by atoms with Gasteiger partial charge < -0.3 is 45.1 Å². The molecule has 13 nitrogen and oxygen atoms in total. The van der Waals surface area contributed by atoms with E-state index in [0.29, 0.717) is 11.4 Å². The van der Waals surface area contributed by atoms with Gasteiger partial charge in [0.15, 0.2) is 17.9 Å². The Kier molecular flexibility index (Phi) is 8.21. The molecule has 3 aromatic rings. The van der Waals surface area contributed by atoms with Gasteiger partial charge in [-0.2, -0.15) is 0 Å². The smallest absolute Gasteiger partial charge is 0.411 e. The van der Waals surface area contributed by atoms with E-state index < -0.39 is 77.6 Å². The van der Waals surface area contributed by atoms with Crippen LogP contribution in [-0.4, -0.2) is 81.9 Å². The van der Waals surface area contributed by atoms with Crippen molar-refractivity contribution in [2.75, 3.05) is 19.0 Å². The normalized spacial score (nSPS) is 26.8. The number of aliphatic hydroxyl groups excluding tert-OH is 1. The van der Waals surface area contributed by atoms with E-state index in [4.69, 9.17) is 24.7 Å². The molecule has 7 N–H and O–H groups in total. The lowest BCUT2D eigenvalue weighted by Crippen LogP contribution is -2.52. The molecule has 0 aromatic heterocycles. The second kappa shape index (κ2) is 12.0. The third-order valence-corrected chi connectivity index (χ3v) is 8.73. The number of aliphatic hydroxyl groups is 2. The van der Waals surface area contributed by atoms with Crippen LogP contribution in [0.3, 0.4) is 0 Å². The first-order valence-electron chi connectivity index (χ1n) is 14.7. The fourth-order valence-corrected chi connectivity index (χ4v) is 6.37. The number of amides is 1. The molecule has 242 valence electrons. The maximum atomic E-state index is 13.6. The van der Waals surface area contributed by atoms with E-state index in [9.17, 15) is 34.8 Å². The van der Waals surface area contributed by atoms with Crippen molar-refractivity contribution in [2.24, 2.45) is 5.73 Å². The Bertz CT molecular complexity index is 1700. The average molecular weight is 635 g/mol. The molecule has 1 heterocycles. The fourth-order valence-electron chi connectivity index (χ4n) is 6.37. The number of aromatic hydroxyl groups is 2. The van der Waals surface area contributed by atoms with Crippen molar-refractivity contribution in [1.29, 1.82) is 0 Å². The zero-order valence-electron chi connectivity index (χ0n) is 25.1. The lowest BCUT2D eigenvalue weighted by atomic mass is 9.73. The number of ether oxygens (including phenoxy) is 4. The number of nitrogens with one attached hydrogen (secondary N) is 1. The molecule has 0 bridgehead atoms. The molecular formula is C33H34N2O11. The Morgan fingerprint density at radius 3 is 2.28 bits per heavy atom. The van der Waals surface area contributed by atoms with Crippen LogP contribution in [0.4, 0.5) is 10.5 Å². The van der Waals surface area contributed by atoms with Gasteiger partial charge >= 0.3 is 6.09 Å². The first kappa shape index (κ1) is 31.5. The third kappa shape index (κ3) is 5.56. The Labute approximate surface area is 263 Å². The molecule has 0 radical (unpaired) electrons. The van der Waals surface area contributed by atoms with Gasteiger partial charge in [0.25, 0.3) is 0 Å². The van der Waals surface area contributed by atoms with E-state index >= 15 is 0 Å². The van der Waals surface area contributed by atoms with Crippen LogP contribution in [0.5, 0.6) is 17.2 Å². The number of rotatable bonds is 6. The van der Waals surface area contributed by atoms with Gasteiger partial charge in [0.2, 0.25) is 0 Å². The molecular weight excluding hydrogens is 600 g/mol. The summed E-state index contributed by atoms with van der Waals surface area (Å²) in [6.45, 7) is 1.04. The van der Waals surface area contributed by atoms with Crippen molar-refractivity contribution in [3.63, 3.8) is 0 Å². The van der Waals surface area contributed by atoms with Gasteiger partial charge in [0.1, 0.15) is 29.5 Å². The summed E-state index contributed by atoms with van der Waals surface area (Å²) in [5.41, 5.74) is 3.93. The van der Waals surface area contributed by atoms with Gasteiger partial charge in [-0.05, 0) is 31.2 Å². The molecule has 3 aromatic carbocycles. The van der Waals surface area contributed by atoms with Gasteiger partial charge in [0, 0.05) is 53.2 Å². The molecule has 0 saturated carbocycles. The summed E-state index contributed by atoms with van der Waals surface area (Å²) in [4.78, 5) is 39.8. The largest absolute Gasteiger partial charge is 0.507 e. The molecule has 1 aliphatic heterocycles. The predicted molar refractivity (Wildman–Crippen MR) is 161 cm³/mol. The summed E-state index contributed by atoms with van der Waals surface area (Å²) >= 11 is 0. The minimum Gasteiger partial charge on any atom is -0.507 e. The number of phenols is 2. The first-order chi connectivity index (χ1) is 21.9. The number of hydrogen-bond donors (Lipinski definition) is 6. The first-order valence-corrected chi connectivity index (χ1v) is 14.7. The van der Waals surface area contributed by atoms with Crippen molar-refractivity contribution in [3.05, 3.63) is 81.9 Å². The van der Waals surface area contributed by atoms with Gasteiger partial charge in [-0.1, -0.05) is 24.3 Å². The van der Waals surface area contributed by atoms with Gasteiger partial charge in [-0.25, -0.2) is 4.79 Å². The summed E-state index contributed by atoms with van der Waals surface area (Å²) in [5, 5.41) is 47.7. The molecule has 2 aliphatic carbocycles. The molecule has 1 saturated heterocycles. The summed E-state index contributed by atoms with van der Waals surface area (Å²) < 4.78 is 22.5. The van der Waals surface area contributed by atoms with Crippen LogP contribution in [0, 0.1) is 0 Å². The monoisotopic (exact) mass is 634 g/mol. The zero-order valence-corrected chi connectivity index (χ0v) is 25.1. The van der Waals surface area contributed by atoms with E-state index in [2.05, 4.69) is 5.32 Å². The lowest BCUT2D eigenvalue weighted by Gasteiger charge is -2.42. The molecule has 0 spiro atoms. The Morgan fingerprint density at radius 2 is 1.67 bits per heavy atom. The Morgan fingerprint density at radius 1 is 1.04 bits per heavy atom. The van der Waals surface area contributed by atoms with Crippen molar-refractivity contribution in [3.8, 4) is 17.2 Å². The van der Waals surface area contributed by atoms with E-state index in [1.54, 1.807) is 43.3 Å². The van der Waals surface area contributed by atoms with Crippen LogP contribution < -0.4 is 15.8 Å². The van der Waals surface area contributed by atoms with Crippen LogP contribution in [0.25, 0.3) is 0 Å². The standard InChI is InChI=1S/C33H34N2O11/c1-15-27(36)21(34)11-23(45-15)46-22-13-33(42,14-44-32(41)35-16-7-9-17(43-2)10-8-16)12-20-24(22)31(40)26-25(30(20)39)28(37)18-5-3-4-6-19(18)29(26)38/h3-10,15,21-23,27,36,39-40,42H,11-14,34H2,1-2H3,(H,35,41)/t15-,21-,22-,23-,27+,33-/m0/s1. The molecule has 0 unspecified atom stereocenters. The number of ketones is 2. The van der Waals surface area contributed by atoms with Gasteiger partial charge in [-0.3, -0.25) is 14.9 Å². The predicted octanol–water partition coefficient (Wildman–Crippen LogP) is 2.69. The van der Waals surface area contributed by atoms with Crippen LogP contribution in [0.1, 0.15) is 68.8 Å². The van der Waals surface area contributed by atoms with Crippen LogP contribution in [0.15, 0.2) is 48.5 Å². The fraction of sp³-hybridized carbons (Fsp3) is 0.364. The number of fused-ring (bicyclic) bond motifs is 3.